The number of rotatable bonds is 2. The van der Waals surface area contributed by atoms with E-state index in [1.165, 1.54) is 11.1 Å². The Bertz CT molecular complexity index is 266. The van der Waals surface area contributed by atoms with E-state index in [9.17, 15) is 0 Å². The molecule has 0 spiro atoms. The van der Waals surface area contributed by atoms with Gasteiger partial charge in [0, 0.05) is 5.92 Å². The maximum atomic E-state index is 8.91. The predicted molar refractivity (Wildman–Crippen MR) is 51.0 cm³/mol. The van der Waals surface area contributed by atoms with E-state index >= 15 is 0 Å². The molecule has 0 aliphatic rings. The van der Waals surface area contributed by atoms with Crippen LogP contribution in [0.2, 0.25) is 0 Å². The Morgan fingerprint density at radius 2 is 1.92 bits per heavy atom. The summed E-state index contributed by atoms with van der Waals surface area (Å²) in [5.74, 6) is 1.03. The summed E-state index contributed by atoms with van der Waals surface area (Å²) >= 11 is 0. The molecule has 0 aliphatic carbocycles. The van der Waals surface area contributed by atoms with Crippen LogP contribution in [0.4, 0.5) is 0 Å². The van der Waals surface area contributed by atoms with Gasteiger partial charge in [-0.05, 0) is 30.5 Å². The minimum Gasteiger partial charge on any atom is -0.395 e. The molecule has 0 saturated carbocycles. The quantitative estimate of drug-likeness (QED) is 0.709. The van der Waals surface area contributed by atoms with E-state index in [0.717, 1.165) is 11.5 Å². The third-order valence-corrected chi connectivity index (χ3v) is 2.24. The van der Waals surface area contributed by atoms with Crippen LogP contribution in [0.1, 0.15) is 23.6 Å². The van der Waals surface area contributed by atoms with Gasteiger partial charge in [0.2, 0.25) is 0 Å². The first-order valence-corrected chi connectivity index (χ1v) is 4.16. The smallest absolute Gasteiger partial charge is 0.0534 e. The number of aliphatic hydroxyl groups excluding tert-OH is 1. The lowest BCUT2D eigenvalue weighted by Gasteiger charge is -2.09. The molecule has 0 bridgehead atoms. The fourth-order valence-corrected chi connectivity index (χ4v) is 1.10. The third-order valence-electron chi connectivity index (χ3n) is 2.24. The number of benzene rings is 1. The van der Waals surface area contributed by atoms with Gasteiger partial charge in [-0.3, -0.25) is 0 Å². The summed E-state index contributed by atoms with van der Waals surface area (Å²) in [5.41, 5.74) is 3.71. The Kier molecular flexibility index (Phi) is 2.88. The number of hydrogen-bond acceptors (Lipinski definition) is 1. The van der Waals surface area contributed by atoms with Gasteiger partial charge in [-0.25, -0.2) is 0 Å². The molecule has 0 aromatic heterocycles. The molecule has 1 heteroatoms. The van der Waals surface area contributed by atoms with Crippen LogP contribution in [0, 0.1) is 19.8 Å². The topological polar surface area (TPSA) is 20.2 Å². The second-order valence-corrected chi connectivity index (χ2v) is 3.24. The van der Waals surface area contributed by atoms with E-state index < -0.39 is 0 Å². The highest BCUT2D eigenvalue weighted by molar-refractivity contribution is 5.37. The van der Waals surface area contributed by atoms with Gasteiger partial charge in [0.05, 0.1) is 6.61 Å². The average molecular weight is 163 g/mol. The van der Waals surface area contributed by atoms with E-state index in [1.807, 2.05) is 13.0 Å². The number of hydrogen-bond donors (Lipinski definition) is 1. The van der Waals surface area contributed by atoms with Crippen LogP contribution < -0.4 is 0 Å². The minimum absolute atomic E-state index is 0.141. The molecule has 1 aromatic rings. The van der Waals surface area contributed by atoms with E-state index in [1.54, 1.807) is 0 Å². The van der Waals surface area contributed by atoms with Crippen LogP contribution in [0.3, 0.4) is 0 Å². The maximum Gasteiger partial charge on any atom is 0.0534 e. The molecule has 1 nitrogen and oxygen atoms in total. The van der Waals surface area contributed by atoms with Gasteiger partial charge < -0.3 is 5.11 Å². The lowest BCUT2D eigenvalue weighted by molar-refractivity contribution is 0.315. The van der Waals surface area contributed by atoms with Crippen molar-refractivity contribution in [3.8, 4) is 0 Å². The van der Waals surface area contributed by atoms with Crippen LogP contribution in [0.25, 0.3) is 0 Å². The van der Waals surface area contributed by atoms with E-state index in [4.69, 9.17) is 5.11 Å². The predicted octanol–water partition coefficient (Wildman–Crippen LogP) is 2.24. The zero-order valence-corrected chi connectivity index (χ0v) is 7.89. The second kappa shape index (κ2) is 3.72. The SMILES string of the molecule is C[C](CO)c1ccc(C)c(C)c1. The van der Waals surface area contributed by atoms with Crippen LogP contribution >= 0.6 is 0 Å². The molecule has 0 aliphatic heterocycles. The summed E-state index contributed by atoms with van der Waals surface area (Å²) in [6.45, 7) is 6.27. The summed E-state index contributed by atoms with van der Waals surface area (Å²) in [7, 11) is 0. The summed E-state index contributed by atoms with van der Waals surface area (Å²) in [4.78, 5) is 0. The number of aliphatic hydroxyl groups is 1. The minimum atomic E-state index is 0.141. The summed E-state index contributed by atoms with van der Waals surface area (Å²) in [6.07, 6.45) is 0. The lowest BCUT2D eigenvalue weighted by atomic mass is 9.98. The van der Waals surface area contributed by atoms with Crippen molar-refractivity contribution >= 4 is 0 Å². The van der Waals surface area contributed by atoms with Crippen molar-refractivity contribution in [1.82, 2.24) is 0 Å². The largest absolute Gasteiger partial charge is 0.395 e. The molecule has 1 rings (SSSR count). The highest BCUT2D eigenvalue weighted by Gasteiger charge is 2.04. The van der Waals surface area contributed by atoms with Gasteiger partial charge in [0.25, 0.3) is 0 Å². The Balaban J connectivity index is 2.96. The van der Waals surface area contributed by atoms with E-state index in [-0.39, 0.29) is 6.61 Å². The standard InChI is InChI=1S/C11H15O/c1-8-4-5-11(6-9(8)2)10(3)7-12/h4-6,12H,7H2,1-3H3. The van der Waals surface area contributed by atoms with Crippen molar-refractivity contribution in [2.24, 2.45) is 0 Å². The van der Waals surface area contributed by atoms with Gasteiger partial charge in [-0.15, -0.1) is 0 Å². The molecule has 12 heavy (non-hydrogen) atoms. The maximum absolute atomic E-state index is 8.91. The normalized spacial score (nSPS) is 10.8. The first-order chi connectivity index (χ1) is 5.65. The highest BCUT2D eigenvalue weighted by Crippen LogP contribution is 2.16. The van der Waals surface area contributed by atoms with Crippen molar-refractivity contribution < 1.29 is 5.11 Å². The molecule has 0 atom stereocenters. The van der Waals surface area contributed by atoms with E-state index in [2.05, 4.69) is 26.0 Å². The summed E-state index contributed by atoms with van der Waals surface area (Å²) in [6, 6.07) is 6.25. The Morgan fingerprint density at radius 3 is 2.42 bits per heavy atom. The Hall–Kier alpha value is -0.820. The van der Waals surface area contributed by atoms with Gasteiger partial charge in [0.1, 0.15) is 0 Å². The van der Waals surface area contributed by atoms with E-state index in [0.29, 0.717) is 0 Å². The molecular formula is C11H15O. The van der Waals surface area contributed by atoms with Gasteiger partial charge in [-0.1, -0.05) is 25.1 Å². The summed E-state index contributed by atoms with van der Waals surface area (Å²) < 4.78 is 0. The zero-order valence-electron chi connectivity index (χ0n) is 7.89. The Morgan fingerprint density at radius 1 is 1.25 bits per heavy atom. The van der Waals surface area contributed by atoms with Gasteiger partial charge in [-0.2, -0.15) is 0 Å². The van der Waals surface area contributed by atoms with Gasteiger partial charge in [0.15, 0.2) is 0 Å². The molecule has 0 heterocycles. The first-order valence-electron chi connectivity index (χ1n) is 4.16. The zero-order chi connectivity index (χ0) is 9.14. The second-order valence-electron chi connectivity index (χ2n) is 3.24. The van der Waals surface area contributed by atoms with Crippen molar-refractivity contribution in [3.05, 3.63) is 40.8 Å². The number of aryl methyl sites for hydroxylation is 2. The Labute approximate surface area is 74.1 Å². The van der Waals surface area contributed by atoms with Crippen LogP contribution in [-0.4, -0.2) is 11.7 Å². The van der Waals surface area contributed by atoms with Crippen molar-refractivity contribution in [1.29, 1.82) is 0 Å². The van der Waals surface area contributed by atoms with Crippen molar-refractivity contribution in [2.75, 3.05) is 6.61 Å². The molecule has 0 saturated heterocycles. The fraction of sp³-hybridized carbons (Fsp3) is 0.364. The van der Waals surface area contributed by atoms with Crippen LogP contribution in [0.5, 0.6) is 0 Å². The van der Waals surface area contributed by atoms with Crippen molar-refractivity contribution in [3.63, 3.8) is 0 Å². The molecule has 0 fully saturated rings. The monoisotopic (exact) mass is 163 g/mol. The molecule has 0 unspecified atom stereocenters. The molecule has 0 amide bonds. The molecule has 65 valence electrons. The lowest BCUT2D eigenvalue weighted by Crippen LogP contribution is -2.00. The molecular weight excluding hydrogens is 148 g/mol. The average Bonchev–Trinajstić information content (AvgIpc) is 2.08. The molecule has 1 N–H and O–H groups in total. The highest BCUT2D eigenvalue weighted by atomic mass is 16.3. The fourth-order valence-electron chi connectivity index (χ4n) is 1.10. The first kappa shape index (κ1) is 9.27. The third kappa shape index (κ3) is 1.86. The van der Waals surface area contributed by atoms with Crippen LogP contribution in [-0.2, 0) is 0 Å². The molecule has 1 radical (unpaired) electrons. The van der Waals surface area contributed by atoms with Crippen molar-refractivity contribution in [2.45, 2.75) is 20.8 Å². The summed E-state index contributed by atoms with van der Waals surface area (Å²) in [5, 5.41) is 8.91. The van der Waals surface area contributed by atoms with Crippen LogP contribution in [0.15, 0.2) is 18.2 Å². The van der Waals surface area contributed by atoms with Gasteiger partial charge >= 0.3 is 0 Å². The molecule has 1 aromatic carbocycles.